The molecule has 2 saturated heterocycles. The number of nitrogens with zero attached hydrogens (tertiary/aromatic N) is 3. The van der Waals surface area contributed by atoms with Crippen LogP contribution in [0.4, 0.5) is 5.69 Å². The summed E-state index contributed by atoms with van der Waals surface area (Å²) in [6, 6.07) is 9.49. The highest BCUT2D eigenvalue weighted by Crippen LogP contribution is 2.39. The summed E-state index contributed by atoms with van der Waals surface area (Å²) in [4.78, 5) is 39.6. The molecular formula is C25H28N4O8S. The number of ether oxygens (including phenoxy) is 1. The molecule has 202 valence electrons. The van der Waals surface area contributed by atoms with Gasteiger partial charge in [0.05, 0.1) is 42.2 Å². The van der Waals surface area contributed by atoms with Crippen LogP contribution in [0, 0.1) is 10.1 Å². The average Bonchev–Trinajstić information content (AvgIpc) is 3.17. The van der Waals surface area contributed by atoms with Crippen LogP contribution in [0.1, 0.15) is 17.2 Å². The minimum Gasteiger partial charge on any atom is -0.872 e. The molecule has 1 unspecified atom stereocenters. The molecule has 13 heteroatoms. The number of carbonyl (C=O) groups excluding carboxylic acids is 2. The highest BCUT2D eigenvalue weighted by molar-refractivity contribution is 7.89. The fourth-order valence-corrected chi connectivity index (χ4v) is 5.49. The lowest BCUT2D eigenvalue weighted by atomic mass is 9.95. The molecule has 0 spiro atoms. The molecule has 2 aromatic carbocycles. The molecule has 0 saturated carbocycles. The van der Waals surface area contributed by atoms with Gasteiger partial charge in [-0.2, -0.15) is 0 Å². The van der Waals surface area contributed by atoms with Crippen LogP contribution in [-0.2, 0) is 24.3 Å². The second-order valence-electron chi connectivity index (χ2n) is 9.25. The zero-order valence-electron chi connectivity index (χ0n) is 21.0. The molecule has 0 radical (unpaired) electrons. The number of sulfonamides is 1. The Labute approximate surface area is 219 Å². The maximum absolute atomic E-state index is 13.6. The third kappa shape index (κ3) is 5.31. The lowest BCUT2D eigenvalue weighted by molar-refractivity contribution is -0.907. The van der Waals surface area contributed by atoms with Crippen molar-refractivity contribution in [1.29, 1.82) is 0 Å². The molecule has 2 heterocycles. The van der Waals surface area contributed by atoms with Crippen molar-refractivity contribution in [3.05, 3.63) is 75.3 Å². The normalized spacial score (nSPS) is 20.3. The van der Waals surface area contributed by atoms with E-state index in [1.807, 2.05) is 0 Å². The first-order chi connectivity index (χ1) is 18.0. The number of likely N-dealkylation sites (tertiary alicyclic amines) is 1. The van der Waals surface area contributed by atoms with Crippen LogP contribution in [0.3, 0.4) is 0 Å². The van der Waals surface area contributed by atoms with Crippen molar-refractivity contribution in [3.63, 3.8) is 0 Å². The van der Waals surface area contributed by atoms with Crippen molar-refractivity contribution in [2.45, 2.75) is 10.9 Å². The predicted octanol–water partition coefficient (Wildman–Crippen LogP) is -1.02. The maximum atomic E-state index is 13.6. The van der Waals surface area contributed by atoms with E-state index in [0.29, 0.717) is 19.8 Å². The Balaban J connectivity index is 1.77. The number of ketones is 1. The van der Waals surface area contributed by atoms with Crippen molar-refractivity contribution in [2.75, 3.05) is 53.5 Å². The van der Waals surface area contributed by atoms with Crippen molar-refractivity contribution in [1.82, 2.24) is 9.21 Å². The number of hydrogen-bond acceptors (Lipinski definition) is 8. The number of amides is 1. The van der Waals surface area contributed by atoms with E-state index in [4.69, 9.17) is 4.74 Å². The summed E-state index contributed by atoms with van der Waals surface area (Å²) in [6.45, 7) is 3.28. The van der Waals surface area contributed by atoms with E-state index in [2.05, 4.69) is 0 Å². The number of nitro benzene ring substituents is 1. The van der Waals surface area contributed by atoms with Gasteiger partial charge in [-0.25, -0.2) is 12.7 Å². The number of rotatable bonds is 8. The molecule has 4 rings (SSSR count). The summed E-state index contributed by atoms with van der Waals surface area (Å²) in [5, 5.41) is 25.0. The van der Waals surface area contributed by atoms with Gasteiger partial charge < -0.3 is 19.6 Å². The van der Waals surface area contributed by atoms with Gasteiger partial charge >= 0.3 is 0 Å². The predicted molar refractivity (Wildman–Crippen MR) is 133 cm³/mol. The van der Waals surface area contributed by atoms with Gasteiger partial charge in [-0.15, -0.1) is 0 Å². The Morgan fingerprint density at radius 2 is 1.79 bits per heavy atom. The molecule has 38 heavy (non-hydrogen) atoms. The number of carbonyl (C=O) groups is 2. The van der Waals surface area contributed by atoms with Gasteiger partial charge in [-0.3, -0.25) is 19.7 Å². The summed E-state index contributed by atoms with van der Waals surface area (Å²) in [7, 11) is -0.983. The number of nitro groups is 1. The monoisotopic (exact) mass is 544 g/mol. The van der Waals surface area contributed by atoms with Crippen molar-refractivity contribution in [2.24, 2.45) is 0 Å². The Kier molecular flexibility index (Phi) is 7.92. The molecule has 1 atom stereocenters. The van der Waals surface area contributed by atoms with Crippen LogP contribution in [-0.4, -0.2) is 87.7 Å². The first-order valence-electron chi connectivity index (χ1n) is 12.0. The lowest BCUT2D eigenvalue weighted by Gasteiger charge is -2.30. The molecule has 2 fully saturated rings. The molecular weight excluding hydrogens is 516 g/mol. The Hall–Kier alpha value is -3.65. The van der Waals surface area contributed by atoms with E-state index in [0.717, 1.165) is 17.4 Å². The van der Waals surface area contributed by atoms with Crippen molar-refractivity contribution < 1.29 is 37.7 Å². The fourth-order valence-electron chi connectivity index (χ4n) is 4.59. The van der Waals surface area contributed by atoms with Crippen LogP contribution in [0.15, 0.2) is 59.0 Å². The van der Waals surface area contributed by atoms with E-state index in [1.54, 1.807) is 0 Å². The van der Waals surface area contributed by atoms with Crippen molar-refractivity contribution in [3.8, 4) is 0 Å². The van der Waals surface area contributed by atoms with E-state index in [-0.39, 0.29) is 33.8 Å². The van der Waals surface area contributed by atoms with E-state index in [9.17, 15) is 33.2 Å². The van der Waals surface area contributed by atoms with E-state index < -0.39 is 38.4 Å². The molecule has 2 aromatic rings. The molecule has 1 N–H and O–H groups in total. The highest BCUT2D eigenvalue weighted by atomic mass is 32.2. The summed E-state index contributed by atoms with van der Waals surface area (Å²) in [6.07, 6.45) is 0. The largest absolute Gasteiger partial charge is 0.872 e. The lowest BCUT2D eigenvalue weighted by Crippen LogP contribution is -3.14. The van der Waals surface area contributed by atoms with Crippen LogP contribution in [0.2, 0.25) is 0 Å². The number of hydrogen-bond donors (Lipinski definition) is 1. The Bertz CT molecular complexity index is 1380. The highest BCUT2D eigenvalue weighted by Gasteiger charge is 2.44. The maximum Gasteiger partial charge on any atom is 0.295 e. The third-order valence-electron chi connectivity index (χ3n) is 6.73. The van der Waals surface area contributed by atoms with E-state index in [1.165, 1.54) is 72.4 Å². The second kappa shape index (κ2) is 11.0. The molecule has 0 bridgehead atoms. The van der Waals surface area contributed by atoms with Gasteiger partial charge in [0.1, 0.15) is 13.1 Å². The third-order valence-corrected chi connectivity index (χ3v) is 8.56. The van der Waals surface area contributed by atoms with Crippen LogP contribution < -0.4 is 10.0 Å². The first kappa shape index (κ1) is 27.4. The van der Waals surface area contributed by atoms with E-state index >= 15 is 0 Å². The summed E-state index contributed by atoms with van der Waals surface area (Å²) >= 11 is 0. The smallest absolute Gasteiger partial charge is 0.295 e. The molecule has 2 aliphatic heterocycles. The van der Waals surface area contributed by atoms with Crippen LogP contribution in [0.5, 0.6) is 0 Å². The number of non-ortho nitro benzene ring substituents is 1. The zero-order chi connectivity index (χ0) is 27.6. The molecule has 0 aromatic heterocycles. The number of benzene rings is 2. The summed E-state index contributed by atoms with van der Waals surface area (Å²) in [5.41, 5.74) is -0.269. The number of nitrogens with one attached hydrogen (secondary N) is 1. The van der Waals surface area contributed by atoms with Crippen molar-refractivity contribution >= 4 is 33.2 Å². The zero-order valence-corrected chi connectivity index (χ0v) is 21.8. The van der Waals surface area contributed by atoms with Crippen LogP contribution >= 0.6 is 0 Å². The Morgan fingerprint density at radius 1 is 1.13 bits per heavy atom. The van der Waals surface area contributed by atoms with Crippen LogP contribution in [0.25, 0.3) is 5.76 Å². The van der Waals surface area contributed by atoms with Gasteiger partial charge in [-0.1, -0.05) is 30.0 Å². The molecule has 1 amide bonds. The quantitative estimate of drug-likeness (QED) is 0.146. The number of quaternary nitrogens is 1. The van der Waals surface area contributed by atoms with Gasteiger partial charge in [0.2, 0.25) is 15.8 Å². The second-order valence-corrected chi connectivity index (χ2v) is 11.4. The fraction of sp³-hybridized carbons (Fsp3) is 0.360. The summed E-state index contributed by atoms with van der Waals surface area (Å²) in [5.74, 6) is -2.58. The standard InChI is InChI=1S/C25H28N4O8S/c1-26(2)38(35,36)20-8-6-17(7-9-20)23(30)21-22(18-4-3-5-19(16-18)29(33)34)28(25(32)24(21)31)11-10-27-12-14-37-15-13-27/h3-9,16,22,30H,10-15H2,1-2H3/b23-21+. The minimum atomic E-state index is -3.74. The SMILES string of the molecule is CN(C)S(=O)(=O)c1ccc(/C([O-])=C2\C(=O)C(=O)N(CC[NH+]3CCOCC3)C2c2cccc([N+](=O)[O-])c2)cc1. The van der Waals surface area contributed by atoms with Gasteiger partial charge in [-0.05, 0) is 23.3 Å². The first-order valence-corrected chi connectivity index (χ1v) is 13.4. The minimum absolute atomic E-state index is 0.0231. The summed E-state index contributed by atoms with van der Waals surface area (Å²) < 4.78 is 31.2. The van der Waals surface area contributed by atoms with Gasteiger partial charge in [0.25, 0.3) is 11.6 Å². The topological polar surface area (TPSA) is 155 Å². The molecule has 0 aliphatic carbocycles. The molecule has 12 nitrogen and oxygen atoms in total. The average molecular weight is 545 g/mol. The Morgan fingerprint density at radius 3 is 2.39 bits per heavy atom. The molecule has 2 aliphatic rings. The van der Waals surface area contributed by atoms with Gasteiger partial charge in [0.15, 0.2) is 0 Å². The number of morpholine rings is 1. The van der Waals surface area contributed by atoms with Gasteiger partial charge in [0, 0.05) is 31.8 Å². The number of Topliss-reactive ketones (excluding diaryl/α,β-unsaturated/α-hetero) is 1.